The van der Waals surface area contributed by atoms with Crippen molar-refractivity contribution in [1.82, 2.24) is 0 Å². The standard InChI is InChI=1S/C5H7Br/c6-4-3-5(4)1-2-5/h4H,1-3H2/t4-/m0/s1. The van der Waals surface area contributed by atoms with Crippen molar-refractivity contribution in [2.45, 2.75) is 24.1 Å². The molecular formula is C5H7Br. The van der Waals surface area contributed by atoms with Crippen LogP contribution in [0.2, 0.25) is 0 Å². The minimum absolute atomic E-state index is 0.875. The third kappa shape index (κ3) is 0.259. The molecule has 34 valence electrons. The van der Waals surface area contributed by atoms with Crippen molar-refractivity contribution in [2.75, 3.05) is 0 Å². The molecule has 2 aliphatic carbocycles. The minimum Gasteiger partial charge on any atom is -0.0884 e. The highest BCUT2D eigenvalue weighted by atomic mass is 79.9. The monoisotopic (exact) mass is 146 g/mol. The maximum absolute atomic E-state index is 3.57. The van der Waals surface area contributed by atoms with E-state index in [0.29, 0.717) is 0 Å². The van der Waals surface area contributed by atoms with Gasteiger partial charge in [-0.15, -0.1) is 0 Å². The lowest BCUT2D eigenvalue weighted by Crippen LogP contribution is -1.66. The summed E-state index contributed by atoms with van der Waals surface area (Å²) in [5.41, 5.74) is 0.875. The van der Waals surface area contributed by atoms with E-state index in [4.69, 9.17) is 0 Å². The highest BCUT2D eigenvalue weighted by Crippen LogP contribution is 2.69. The molecule has 0 aromatic rings. The van der Waals surface area contributed by atoms with Crippen LogP contribution in [0.5, 0.6) is 0 Å². The zero-order valence-corrected chi connectivity index (χ0v) is 5.16. The molecule has 1 heteroatoms. The number of rotatable bonds is 0. The molecule has 0 N–H and O–H groups in total. The van der Waals surface area contributed by atoms with E-state index < -0.39 is 0 Å². The van der Waals surface area contributed by atoms with Crippen LogP contribution in [0.1, 0.15) is 19.3 Å². The lowest BCUT2D eigenvalue weighted by molar-refractivity contribution is 0.907. The van der Waals surface area contributed by atoms with Gasteiger partial charge in [-0.05, 0) is 24.7 Å². The first-order chi connectivity index (χ1) is 2.83. The van der Waals surface area contributed by atoms with Crippen LogP contribution in [-0.4, -0.2) is 4.83 Å². The van der Waals surface area contributed by atoms with Gasteiger partial charge in [0.15, 0.2) is 0 Å². The molecule has 1 atom stereocenters. The summed E-state index contributed by atoms with van der Waals surface area (Å²) in [6.45, 7) is 0. The molecule has 2 fully saturated rings. The first-order valence-corrected chi connectivity index (χ1v) is 3.39. The molecule has 0 nitrogen and oxygen atoms in total. The maximum Gasteiger partial charge on any atom is 0.0208 e. The molecule has 0 aromatic carbocycles. The van der Waals surface area contributed by atoms with Crippen molar-refractivity contribution in [3.05, 3.63) is 0 Å². The van der Waals surface area contributed by atoms with Gasteiger partial charge in [0.1, 0.15) is 0 Å². The summed E-state index contributed by atoms with van der Waals surface area (Å²) < 4.78 is 0. The summed E-state index contributed by atoms with van der Waals surface area (Å²) in [5, 5.41) is 0. The fraction of sp³-hybridized carbons (Fsp3) is 1.00. The van der Waals surface area contributed by atoms with Crippen molar-refractivity contribution in [2.24, 2.45) is 5.41 Å². The molecular weight excluding hydrogens is 140 g/mol. The van der Waals surface area contributed by atoms with Crippen LogP contribution in [0.15, 0.2) is 0 Å². The molecule has 2 saturated carbocycles. The summed E-state index contributed by atoms with van der Waals surface area (Å²) in [5.74, 6) is 0. The topological polar surface area (TPSA) is 0 Å². The highest BCUT2D eigenvalue weighted by molar-refractivity contribution is 9.09. The van der Waals surface area contributed by atoms with E-state index in [0.717, 1.165) is 10.2 Å². The predicted octanol–water partition coefficient (Wildman–Crippen LogP) is 1.93. The molecule has 0 radical (unpaired) electrons. The van der Waals surface area contributed by atoms with Gasteiger partial charge < -0.3 is 0 Å². The molecule has 2 aliphatic rings. The van der Waals surface area contributed by atoms with Crippen molar-refractivity contribution >= 4 is 15.9 Å². The summed E-state index contributed by atoms with van der Waals surface area (Å²) in [6.07, 6.45) is 4.47. The number of hydrogen-bond acceptors (Lipinski definition) is 0. The predicted molar refractivity (Wildman–Crippen MR) is 29.0 cm³/mol. The Balaban J connectivity index is 2.17. The molecule has 0 amide bonds. The first-order valence-electron chi connectivity index (χ1n) is 2.48. The third-order valence-electron chi connectivity index (χ3n) is 1.98. The van der Waals surface area contributed by atoms with Gasteiger partial charge in [0.2, 0.25) is 0 Å². The van der Waals surface area contributed by atoms with E-state index in [9.17, 15) is 0 Å². The fourth-order valence-corrected chi connectivity index (χ4v) is 2.08. The average Bonchev–Trinajstić information content (AvgIpc) is 2.25. The highest BCUT2D eigenvalue weighted by Gasteiger charge is 2.61. The smallest absolute Gasteiger partial charge is 0.0208 e. The van der Waals surface area contributed by atoms with Crippen LogP contribution >= 0.6 is 15.9 Å². The molecule has 0 aromatic heterocycles. The zero-order chi connectivity index (χ0) is 4.20. The zero-order valence-electron chi connectivity index (χ0n) is 3.58. The minimum atomic E-state index is 0.875. The molecule has 0 heterocycles. The molecule has 0 bridgehead atoms. The number of hydrogen-bond donors (Lipinski definition) is 0. The Hall–Kier alpha value is 0.480. The number of halogens is 1. The quantitative estimate of drug-likeness (QED) is 0.459. The van der Waals surface area contributed by atoms with Crippen molar-refractivity contribution < 1.29 is 0 Å². The van der Waals surface area contributed by atoms with E-state index >= 15 is 0 Å². The van der Waals surface area contributed by atoms with E-state index in [-0.39, 0.29) is 0 Å². The Morgan fingerprint density at radius 2 is 2.00 bits per heavy atom. The van der Waals surface area contributed by atoms with E-state index in [1.807, 2.05) is 0 Å². The Kier molecular flexibility index (Phi) is 0.409. The van der Waals surface area contributed by atoms with Crippen LogP contribution in [0.4, 0.5) is 0 Å². The van der Waals surface area contributed by atoms with Crippen molar-refractivity contribution in [3.8, 4) is 0 Å². The number of alkyl halides is 1. The van der Waals surface area contributed by atoms with E-state index in [1.165, 1.54) is 19.3 Å². The summed E-state index contributed by atoms with van der Waals surface area (Å²) in [4.78, 5) is 0.921. The molecule has 0 saturated heterocycles. The van der Waals surface area contributed by atoms with E-state index in [1.54, 1.807) is 0 Å². The lowest BCUT2D eigenvalue weighted by Gasteiger charge is -1.69. The molecule has 0 aliphatic heterocycles. The third-order valence-corrected chi connectivity index (χ3v) is 3.28. The van der Waals surface area contributed by atoms with Crippen LogP contribution in [-0.2, 0) is 0 Å². The molecule has 1 spiro atoms. The second-order valence-corrected chi connectivity index (χ2v) is 3.64. The van der Waals surface area contributed by atoms with Gasteiger partial charge in [0.25, 0.3) is 0 Å². The second-order valence-electron chi connectivity index (χ2n) is 2.53. The summed E-state index contributed by atoms with van der Waals surface area (Å²) in [7, 11) is 0. The van der Waals surface area contributed by atoms with Crippen LogP contribution in [0, 0.1) is 5.41 Å². The Bertz CT molecular complexity index is 83.9. The maximum atomic E-state index is 3.57. The normalized spacial score (nSPS) is 46.5. The molecule has 2 rings (SSSR count). The molecule has 0 unspecified atom stereocenters. The Morgan fingerprint density at radius 3 is 2.00 bits per heavy atom. The van der Waals surface area contributed by atoms with Gasteiger partial charge in [0, 0.05) is 4.83 Å². The summed E-state index contributed by atoms with van der Waals surface area (Å²) >= 11 is 3.57. The van der Waals surface area contributed by atoms with Gasteiger partial charge >= 0.3 is 0 Å². The van der Waals surface area contributed by atoms with Gasteiger partial charge in [-0.25, -0.2) is 0 Å². The second kappa shape index (κ2) is 0.706. The van der Waals surface area contributed by atoms with Crippen LogP contribution < -0.4 is 0 Å². The Morgan fingerprint density at radius 1 is 1.50 bits per heavy atom. The van der Waals surface area contributed by atoms with Crippen molar-refractivity contribution in [1.29, 1.82) is 0 Å². The lowest BCUT2D eigenvalue weighted by atomic mass is 10.4. The average molecular weight is 147 g/mol. The van der Waals surface area contributed by atoms with Gasteiger partial charge in [-0.2, -0.15) is 0 Å². The SMILES string of the molecule is Br[C@H]1CC12CC2. The van der Waals surface area contributed by atoms with Gasteiger partial charge in [-0.3, -0.25) is 0 Å². The largest absolute Gasteiger partial charge is 0.0884 e. The van der Waals surface area contributed by atoms with E-state index in [2.05, 4.69) is 15.9 Å². The van der Waals surface area contributed by atoms with Crippen molar-refractivity contribution in [3.63, 3.8) is 0 Å². The fourth-order valence-electron chi connectivity index (χ4n) is 0.976. The first kappa shape index (κ1) is 3.48. The van der Waals surface area contributed by atoms with Gasteiger partial charge in [-0.1, -0.05) is 15.9 Å². The van der Waals surface area contributed by atoms with Crippen LogP contribution in [0.3, 0.4) is 0 Å². The summed E-state index contributed by atoms with van der Waals surface area (Å²) in [6, 6.07) is 0. The molecule has 6 heavy (non-hydrogen) atoms. The van der Waals surface area contributed by atoms with Crippen LogP contribution in [0.25, 0.3) is 0 Å². The Labute approximate surface area is 46.1 Å². The van der Waals surface area contributed by atoms with Gasteiger partial charge in [0.05, 0.1) is 0 Å².